The van der Waals surface area contributed by atoms with Gasteiger partial charge in [-0.25, -0.2) is 14.4 Å². The highest BCUT2D eigenvalue weighted by Crippen LogP contribution is 2.39. The van der Waals surface area contributed by atoms with Gasteiger partial charge in [-0.1, -0.05) is 0 Å². The van der Waals surface area contributed by atoms with Crippen LogP contribution in [0, 0.1) is 5.82 Å². The third-order valence-corrected chi connectivity index (χ3v) is 5.76. The summed E-state index contributed by atoms with van der Waals surface area (Å²) in [5, 5.41) is 2.77. The smallest absolute Gasteiger partial charge is 0.242 e. The number of nitrogens with zero attached hydrogens (tertiary/aromatic N) is 5. The van der Waals surface area contributed by atoms with Crippen LogP contribution in [0.5, 0.6) is 0 Å². The topological polar surface area (TPSA) is 112 Å². The average molecular weight is 468 g/mol. The molecule has 35 heavy (non-hydrogen) atoms. The molecular formula is C26H22FN7O. The Morgan fingerprint density at radius 3 is 2.34 bits per heavy atom. The van der Waals surface area contributed by atoms with Crippen molar-refractivity contribution in [3.05, 3.63) is 90.9 Å². The molecule has 0 radical (unpaired) electrons. The van der Waals surface area contributed by atoms with Crippen molar-refractivity contribution in [2.24, 2.45) is 12.8 Å². The number of hydrogen-bond acceptors (Lipinski definition) is 6. The van der Waals surface area contributed by atoms with Crippen molar-refractivity contribution in [2.45, 2.75) is 12.5 Å². The van der Waals surface area contributed by atoms with Crippen molar-refractivity contribution in [1.82, 2.24) is 24.5 Å². The predicted molar refractivity (Wildman–Crippen MR) is 132 cm³/mol. The minimum absolute atomic E-state index is 0.292. The molecule has 1 atom stereocenters. The van der Waals surface area contributed by atoms with Gasteiger partial charge in [-0.05, 0) is 71.6 Å². The summed E-state index contributed by atoms with van der Waals surface area (Å²) in [5.41, 5.74) is 11.6. The number of pyridine rings is 2. The molecule has 1 amide bonds. The van der Waals surface area contributed by atoms with E-state index in [0.29, 0.717) is 23.4 Å². The van der Waals surface area contributed by atoms with Gasteiger partial charge < -0.3 is 15.6 Å². The number of benzene rings is 1. The molecule has 4 heterocycles. The molecule has 0 aliphatic carbocycles. The molecular weight excluding hydrogens is 445 g/mol. The maximum Gasteiger partial charge on any atom is 0.242 e. The molecule has 0 spiro atoms. The fourth-order valence-electron chi connectivity index (χ4n) is 4.06. The van der Waals surface area contributed by atoms with Crippen molar-refractivity contribution >= 4 is 22.9 Å². The molecule has 0 bridgehead atoms. The number of carbonyl (C=O) groups excluding carboxylic acids is 1. The molecule has 174 valence electrons. The molecule has 8 nitrogen and oxygen atoms in total. The van der Waals surface area contributed by atoms with E-state index >= 15 is 0 Å². The lowest BCUT2D eigenvalue weighted by Gasteiger charge is -2.12. The minimum atomic E-state index is -0.759. The van der Waals surface area contributed by atoms with Crippen molar-refractivity contribution in [1.29, 1.82) is 0 Å². The number of carbonyl (C=O) groups is 1. The summed E-state index contributed by atoms with van der Waals surface area (Å²) >= 11 is 0. The Hall–Kier alpha value is -4.50. The highest BCUT2D eigenvalue weighted by molar-refractivity contribution is 6.02. The van der Waals surface area contributed by atoms with Crippen LogP contribution in [0.25, 0.3) is 33.5 Å². The van der Waals surface area contributed by atoms with E-state index in [1.54, 1.807) is 36.9 Å². The number of nitrogens with one attached hydrogen (secondary N) is 1. The van der Waals surface area contributed by atoms with Gasteiger partial charge in [0.05, 0.1) is 17.9 Å². The molecule has 0 saturated heterocycles. The van der Waals surface area contributed by atoms with Crippen molar-refractivity contribution in [3.63, 3.8) is 0 Å². The number of halogens is 1. The SMILES string of the molecule is Cn1c(-c2ccc(F)cc2)c(-c2ccncc2)c2ncc(NC(=O)[C@@H](N)Cc3ccncc3)nc21. The van der Waals surface area contributed by atoms with E-state index in [1.807, 2.05) is 35.9 Å². The summed E-state index contributed by atoms with van der Waals surface area (Å²) in [4.78, 5) is 30.1. The van der Waals surface area contributed by atoms with E-state index < -0.39 is 6.04 Å². The molecule has 0 unspecified atom stereocenters. The lowest BCUT2D eigenvalue weighted by Crippen LogP contribution is -2.37. The highest BCUT2D eigenvalue weighted by Gasteiger charge is 2.22. The molecule has 3 N–H and O–H groups in total. The Bertz CT molecular complexity index is 1490. The van der Waals surface area contributed by atoms with Gasteiger partial charge in [0.15, 0.2) is 11.5 Å². The van der Waals surface area contributed by atoms with Gasteiger partial charge in [0, 0.05) is 37.4 Å². The largest absolute Gasteiger partial charge is 0.326 e. The fraction of sp³-hybridized carbons (Fsp3) is 0.115. The van der Waals surface area contributed by atoms with Crippen molar-refractivity contribution < 1.29 is 9.18 Å². The first-order valence-corrected chi connectivity index (χ1v) is 11.0. The van der Waals surface area contributed by atoms with E-state index in [0.717, 1.165) is 27.9 Å². The molecule has 4 aromatic heterocycles. The Morgan fingerprint density at radius 2 is 1.66 bits per heavy atom. The summed E-state index contributed by atoms with van der Waals surface area (Å²) in [5.74, 6) is -0.389. The molecule has 0 aliphatic rings. The minimum Gasteiger partial charge on any atom is -0.326 e. The lowest BCUT2D eigenvalue weighted by atomic mass is 10.0. The number of amides is 1. The zero-order valence-electron chi connectivity index (χ0n) is 18.9. The Labute approximate surface area is 200 Å². The quantitative estimate of drug-likeness (QED) is 0.394. The van der Waals surface area contributed by atoms with Crippen molar-refractivity contribution in [3.8, 4) is 22.4 Å². The monoisotopic (exact) mass is 467 g/mol. The molecule has 5 rings (SSSR count). The zero-order chi connectivity index (χ0) is 24.4. The first kappa shape index (κ1) is 22.3. The Morgan fingerprint density at radius 1 is 1.00 bits per heavy atom. The standard InChI is InChI=1S/C26H22FN7O/c1-34-24(18-2-4-19(27)5-3-18)22(17-8-12-30-13-9-17)23-25(34)32-21(15-31-23)33-26(35)20(28)14-16-6-10-29-11-7-16/h2-13,15,20H,14,28H2,1H3,(H,32,33,35)/t20-/m0/s1. The second kappa shape index (κ2) is 9.40. The van der Waals surface area contributed by atoms with E-state index in [2.05, 4.69) is 25.3 Å². The van der Waals surface area contributed by atoms with Gasteiger partial charge in [-0.15, -0.1) is 0 Å². The second-order valence-corrected chi connectivity index (χ2v) is 8.11. The fourth-order valence-corrected chi connectivity index (χ4v) is 4.06. The van der Waals surface area contributed by atoms with Crippen LogP contribution in [0.3, 0.4) is 0 Å². The van der Waals surface area contributed by atoms with Crippen LogP contribution in [0.2, 0.25) is 0 Å². The van der Waals surface area contributed by atoms with Crippen LogP contribution in [0.15, 0.2) is 79.5 Å². The van der Waals surface area contributed by atoms with Crippen LogP contribution in [0.1, 0.15) is 5.56 Å². The second-order valence-electron chi connectivity index (χ2n) is 8.11. The maximum atomic E-state index is 13.6. The number of hydrogen-bond donors (Lipinski definition) is 2. The van der Waals surface area contributed by atoms with E-state index in [1.165, 1.54) is 18.3 Å². The number of aryl methyl sites for hydroxylation is 1. The third-order valence-electron chi connectivity index (χ3n) is 5.76. The first-order valence-electron chi connectivity index (χ1n) is 11.0. The molecule has 9 heteroatoms. The number of rotatable bonds is 6. The Balaban J connectivity index is 1.53. The number of fused-ring (bicyclic) bond motifs is 1. The van der Waals surface area contributed by atoms with E-state index in [-0.39, 0.29) is 11.7 Å². The van der Waals surface area contributed by atoms with E-state index in [9.17, 15) is 9.18 Å². The highest BCUT2D eigenvalue weighted by atomic mass is 19.1. The Kier molecular flexibility index (Phi) is 5.99. The number of anilines is 1. The summed E-state index contributed by atoms with van der Waals surface area (Å²) in [6, 6.07) is 12.9. The normalized spacial score (nSPS) is 12.0. The van der Waals surface area contributed by atoms with Crippen LogP contribution >= 0.6 is 0 Å². The van der Waals surface area contributed by atoms with Gasteiger partial charge in [0.1, 0.15) is 11.3 Å². The van der Waals surface area contributed by atoms with Gasteiger partial charge in [0.25, 0.3) is 0 Å². The van der Waals surface area contributed by atoms with Crippen molar-refractivity contribution in [2.75, 3.05) is 5.32 Å². The molecule has 0 aliphatic heterocycles. The van der Waals surface area contributed by atoms with E-state index in [4.69, 9.17) is 5.73 Å². The average Bonchev–Trinajstić information content (AvgIpc) is 3.17. The third kappa shape index (κ3) is 4.49. The predicted octanol–water partition coefficient (Wildman–Crippen LogP) is 3.74. The lowest BCUT2D eigenvalue weighted by molar-refractivity contribution is -0.117. The van der Waals surface area contributed by atoms with Crippen LogP contribution in [-0.4, -0.2) is 36.5 Å². The number of aromatic nitrogens is 5. The molecule has 0 saturated carbocycles. The zero-order valence-corrected chi connectivity index (χ0v) is 18.9. The summed E-state index contributed by atoms with van der Waals surface area (Å²) in [6.07, 6.45) is 8.61. The molecule has 1 aromatic carbocycles. The van der Waals surface area contributed by atoms with Crippen LogP contribution < -0.4 is 11.1 Å². The van der Waals surface area contributed by atoms with Gasteiger partial charge in [-0.3, -0.25) is 14.8 Å². The maximum absolute atomic E-state index is 13.6. The van der Waals surface area contributed by atoms with Crippen LogP contribution in [-0.2, 0) is 18.3 Å². The summed E-state index contributed by atoms with van der Waals surface area (Å²) in [7, 11) is 1.86. The number of nitrogens with two attached hydrogens (primary N) is 1. The van der Waals surface area contributed by atoms with Gasteiger partial charge in [-0.2, -0.15) is 0 Å². The molecule has 5 aromatic rings. The summed E-state index contributed by atoms with van der Waals surface area (Å²) < 4.78 is 15.5. The van der Waals surface area contributed by atoms with Crippen LogP contribution in [0.4, 0.5) is 10.2 Å². The molecule has 0 fully saturated rings. The summed E-state index contributed by atoms with van der Waals surface area (Å²) in [6.45, 7) is 0. The van der Waals surface area contributed by atoms with Gasteiger partial charge >= 0.3 is 0 Å². The van der Waals surface area contributed by atoms with Gasteiger partial charge in [0.2, 0.25) is 5.91 Å². The first-order chi connectivity index (χ1) is 17.0.